The van der Waals surface area contributed by atoms with Gasteiger partial charge in [-0.1, -0.05) is 4.67 Å². The van der Waals surface area contributed by atoms with E-state index in [2.05, 4.69) is 15.0 Å². The molecule has 0 atom stereocenters. The summed E-state index contributed by atoms with van der Waals surface area (Å²) in [4.78, 5) is 16.2. The number of hydrogen-bond donors (Lipinski definition) is 1. The average molecular weight is 202 g/mol. The van der Waals surface area contributed by atoms with Gasteiger partial charge in [-0.3, -0.25) is 4.79 Å². The van der Waals surface area contributed by atoms with Crippen LogP contribution in [0.1, 0.15) is 23.3 Å². The number of nitrogens with zero attached hydrogens (tertiary/aromatic N) is 2. The normalized spacial score (nSPS) is 18.7. The summed E-state index contributed by atoms with van der Waals surface area (Å²) < 4.78 is 4.08. The number of aromatic nitrogens is 1. The summed E-state index contributed by atoms with van der Waals surface area (Å²) in [6, 6.07) is 1.81. The van der Waals surface area contributed by atoms with Gasteiger partial charge in [0.05, 0.1) is 6.07 Å². The molecule has 0 saturated carbocycles. The zero-order valence-electron chi connectivity index (χ0n) is 8.36. The first-order valence-electron chi connectivity index (χ1n) is 5.31. The van der Waals surface area contributed by atoms with E-state index in [0.717, 1.165) is 36.6 Å². The molecule has 76 valence electrons. The van der Waals surface area contributed by atoms with E-state index in [0.29, 0.717) is 5.69 Å². The lowest BCUT2D eigenvalue weighted by molar-refractivity contribution is 0.0890. The molecule has 15 heavy (non-hydrogen) atoms. The average Bonchev–Trinajstić information content (AvgIpc) is 3.07. The van der Waals surface area contributed by atoms with Gasteiger partial charge >= 0.3 is 10.7 Å². The van der Waals surface area contributed by atoms with Gasteiger partial charge in [0, 0.05) is 5.92 Å². The van der Waals surface area contributed by atoms with Crippen molar-refractivity contribution < 1.29 is 4.79 Å². The first-order valence-corrected chi connectivity index (χ1v) is 5.31. The van der Waals surface area contributed by atoms with Crippen molar-refractivity contribution in [3.05, 3.63) is 28.7 Å². The third-order valence-corrected chi connectivity index (χ3v) is 3.02. The summed E-state index contributed by atoms with van der Waals surface area (Å²) >= 11 is 0. The monoisotopic (exact) mass is 202 g/mol. The van der Waals surface area contributed by atoms with Crippen LogP contribution in [-0.4, -0.2) is 23.9 Å². The fourth-order valence-electron chi connectivity index (χ4n) is 2.03. The first kappa shape index (κ1) is 8.77. The van der Waals surface area contributed by atoms with Crippen LogP contribution in [0.5, 0.6) is 0 Å². The molecule has 0 aliphatic carbocycles. The van der Waals surface area contributed by atoms with Crippen LogP contribution in [0.15, 0.2) is 12.3 Å². The van der Waals surface area contributed by atoms with E-state index in [-0.39, 0.29) is 11.7 Å². The fourth-order valence-corrected chi connectivity index (χ4v) is 2.03. The van der Waals surface area contributed by atoms with Crippen molar-refractivity contribution in [3.8, 4) is 0 Å². The summed E-state index contributed by atoms with van der Waals surface area (Å²) in [5, 5.41) is 5.11. The third kappa shape index (κ3) is 1.58. The van der Waals surface area contributed by atoms with Crippen molar-refractivity contribution in [1.29, 1.82) is 0 Å². The van der Waals surface area contributed by atoms with Gasteiger partial charge in [-0.2, -0.15) is 0 Å². The Morgan fingerprint density at radius 1 is 1.40 bits per heavy atom. The van der Waals surface area contributed by atoms with Crippen molar-refractivity contribution in [2.45, 2.75) is 12.8 Å². The highest BCUT2D eigenvalue weighted by molar-refractivity contribution is 5.96. The maximum Gasteiger partial charge on any atom is 0.435 e. The van der Waals surface area contributed by atoms with E-state index in [1.807, 2.05) is 0 Å². The standard InChI is InChI=1S/C11H12N3O/c15-11(7-1-3-12-4-2-7)9-5-8-10(14-8)6-13-9/h5-7,12H,1-4H2/q+1. The molecule has 0 unspecified atom stereocenters. The molecule has 0 aromatic carbocycles. The van der Waals surface area contributed by atoms with Gasteiger partial charge in [-0.05, 0) is 25.9 Å². The molecule has 4 nitrogen and oxygen atoms in total. The lowest BCUT2D eigenvalue weighted by Crippen LogP contribution is -2.32. The number of ketones is 1. The van der Waals surface area contributed by atoms with E-state index in [1.54, 1.807) is 12.3 Å². The largest absolute Gasteiger partial charge is 0.435 e. The number of nitrogens with one attached hydrogen (secondary N) is 1. The predicted octanol–water partition coefficient (Wildman–Crippen LogP) is -1.42. The quantitative estimate of drug-likeness (QED) is 0.480. The van der Waals surface area contributed by atoms with Crippen LogP contribution in [0.3, 0.4) is 0 Å². The number of piperidine rings is 1. The van der Waals surface area contributed by atoms with Gasteiger partial charge in [-0.15, -0.1) is 0 Å². The van der Waals surface area contributed by atoms with Gasteiger partial charge in [0.1, 0.15) is 11.9 Å². The van der Waals surface area contributed by atoms with Crippen LogP contribution < -0.4 is 20.7 Å². The summed E-state index contributed by atoms with van der Waals surface area (Å²) in [5.41, 5.74) is 0.585. The van der Waals surface area contributed by atoms with Gasteiger partial charge in [-0.25, -0.2) is 4.98 Å². The van der Waals surface area contributed by atoms with Crippen molar-refractivity contribution in [1.82, 2.24) is 15.0 Å². The molecule has 1 saturated heterocycles. The second-order valence-electron chi connectivity index (χ2n) is 4.06. The Balaban J connectivity index is 1.82. The van der Waals surface area contributed by atoms with Crippen molar-refractivity contribution in [3.63, 3.8) is 0 Å². The summed E-state index contributed by atoms with van der Waals surface area (Å²) in [5.74, 6) is 0.331. The number of Topliss-reactive ketones (excluding diaryl/α,β-unsaturated/α-hetero) is 1. The molecule has 2 aliphatic rings. The highest BCUT2D eigenvalue weighted by atomic mass is 16.1. The Morgan fingerprint density at radius 2 is 2.20 bits per heavy atom. The minimum Gasteiger partial charge on any atom is -0.317 e. The molecule has 0 bridgehead atoms. The van der Waals surface area contributed by atoms with Crippen molar-refractivity contribution in [2.24, 2.45) is 5.92 Å². The van der Waals surface area contributed by atoms with E-state index in [9.17, 15) is 4.79 Å². The molecule has 1 aromatic rings. The van der Waals surface area contributed by atoms with E-state index >= 15 is 0 Å². The number of hydrogen-bond acceptors (Lipinski definition) is 3. The van der Waals surface area contributed by atoms with Gasteiger partial charge in [0.15, 0.2) is 5.78 Å². The highest BCUT2D eigenvalue weighted by Crippen LogP contribution is 2.15. The van der Waals surface area contributed by atoms with Crippen LogP contribution in [-0.2, 0) is 0 Å². The highest BCUT2D eigenvalue weighted by Gasteiger charge is 2.26. The van der Waals surface area contributed by atoms with Crippen LogP contribution in [0.2, 0.25) is 0 Å². The van der Waals surface area contributed by atoms with E-state index in [1.165, 1.54) is 0 Å². The molecule has 1 aromatic heterocycles. The van der Waals surface area contributed by atoms with Crippen LogP contribution in [0, 0.1) is 5.92 Å². The molecule has 0 radical (unpaired) electrons. The molecule has 2 aliphatic heterocycles. The minimum atomic E-state index is 0.149. The molecule has 0 spiro atoms. The maximum absolute atomic E-state index is 12.0. The fraction of sp³-hybridized carbons (Fsp3) is 0.455. The summed E-state index contributed by atoms with van der Waals surface area (Å²) in [7, 11) is 0. The van der Waals surface area contributed by atoms with Crippen LogP contribution in [0.4, 0.5) is 0 Å². The summed E-state index contributed by atoms with van der Waals surface area (Å²) in [6.07, 6.45) is 3.53. The number of fused-ring (bicyclic) bond motifs is 1. The number of pyridine rings is 1. The van der Waals surface area contributed by atoms with Gasteiger partial charge < -0.3 is 5.32 Å². The molecule has 4 heteroatoms. The second kappa shape index (κ2) is 3.26. The second-order valence-corrected chi connectivity index (χ2v) is 4.06. The van der Waals surface area contributed by atoms with Gasteiger partial charge in [0.2, 0.25) is 0 Å². The van der Waals surface area contributed by atoms with E-state index < -0.39 is 0 Å². The Bertz CT molecular complexity index is 539. The number of carbonyl (C=O) groups excluding carboxylic acids is 1. The molecular weight excluding hydrogens is 190 g/mol. The zero-order chi connectivity index (χ0) is 10.3. The molecule has 3 heterocycles. The molecular formula is C11H12N3O+. The Kier molecular flexibility index (Phi) is 1.91. The minimum absolute atomic E-state index is 0.149. The van der Waals surface area contributed by atoms with Crippen LogP contribution in [0.25, 0.3) is 0 Å². The Hall–Kier alpha value is -1.51. The van der Waals surface area contributed by atoms with Crippen molar-refractivity contribution >= 4 is 5.78 Å². The van der Waals surface area contributed by atoms with Crippen LogP contribution >= 0.6 is 0 Å². The smallest absolute Gasteiger partial charge is 0.317 e. The molecule has 1 fully saturated rings. The molecule has 1 N–H and O–H groups in total. The van der Waals surface area contributed by atoms with E-state index in [4.69, 9.17) is 0 Å². The first-order chi connectivity index (χ1) is 7.34. The summed E-state index contributed by atoms with van der Waals surface area (Å²) in [6.45, 7) is 1.87. The van der Waals surface area contributed by atoms with Gasteiger partial charge in [0.25, 0.3) is 0 Å². The Morgan fingerprint density at radius 3 is 2.93 bits per heavy atom. The zero-order valence-corrected chi connectivity index (χ0v) is 8.36. The maximum atomic E-state index is 12.0. The molecule has 3 rings (SSSR count). The topological polar surface area (TPSA) is 56.1 Å². The number of carbonyl (C=O) groups is 1. The predicted molar refractivity (Wildman–Crippen MR) is 53.8 cm³/mol. The van der Waals surface area contributed by atoms with Crippen molar-refractivity contribution in [2.75, 3.05) is 13.1 Å². The Labute approximate surface area is 86.8 Å². The lowest BCUT2D eigenvalue weighted by Gasteiger charge is -2.20. The molecule has 0 amide bonds. The third-order valence-electron chi connectivity index (χ3n) is 3.02. The SMILES string of the molecule is O=C(c1cc2c(cn1)=[N+]=2)C1CCNCC1. The lowest BCUT2D eigenvalue weighted by atomic mass is 9.92. The number of rotatable bonds is 2.